The average molecular weight is 425 g/mol. The number of sulfonamides is 1. The SMILES string of the molecule is O=C(NCCSc1ccccc1)c1ccc(Cl)c(S(=O)(=O)N2CCCC2)c1. The zero-order valence-corrected chi connectivity index (χ0v) is 17.1. The van der Waals surface area contributed by atoms with Gasteiger partial charge in [0, 0.05) is 35.8 Å². The van der Waals surface area contributed by atoms with Crippen LogP contribution in [-0.2, 0) is 10.0 Å². The van der Waals surface area contributed by atoms with Crippen LogP contribution in [0.2, 0.25) is 5.02 Å². The molecule has 0 radical (unpaired) electrons. The number of carbonyl (C=O) groups excluding carboxylic acids is 1. The first-order chi connectivity index (χ1) is 13.0. The maximum absolute atomic E-state index is 12.8. The fraction of sp³-hybridized carbons (Fsp3) is 0.316. The van der Waals surface area contributed by atoms with E-state index in [-0.39, 0.29) is 15.8 Å². The predicted octanol–water partition coefficient (Wildman–Crippen LogP) is 3.65. The van der Waals surface area contributed by atoms with Crippen LogP contribution >= 0.6 is 23.4 Å². The third-order valence-electron chi connectivity index (χ3n) is 4.28. The molecule has 0 aliphatic carbocycles. The first-order valence-electron chi connectivity index (χ1n) is 8.74. The van der Waals surface area contributed by atoms with Crippen molar-refractivity contribution in [3.63, 3.8) is 0 Å². The van der Waals surface area contributed by atoms with Crippen LogP contribution in [0.1, 0.15) is 23.2 Å². The number of rotatable bonds is 7. The highest BCUT2D eigenvalue weighted by Crippen LogP contribution is 2.28. The summed E-state index contributed by atoms with van der Waals surface area (Å²) in [5.41, 5.74) is 0.293. The van der Waals surface area contributed by atoms with Gasteiger partial charge in [-0.15, -0.1) is 11.8 Å². The van der Waals surface area contributed by atoms with Gasteiger partial charge in [-0.25, -0.2) is 8.42 Å². The van der Waals surface area contributed by atoms with E-state index in [1.165, 1.54) is 16.4 Å². The second-order valence-electron chi connectivity index (χ2n) is 6.17. The average Bonchev–Trinajstić information content (AvgIpc) is 3.22. The lowest BCUT2D eigenvalue weighted by Crippen LogP contribution is -2.29. The Kier molecular flexibility index (Phi) is 6.81. The van der Waals surface area contributed by atoms with Gasteiger partial charge in [0.25, 0.3) is 5.91 Å². The molecule has 0 saturated carbocycles. The summed E-state index contributed by atoms with van der Waals surface area (Å²) in [5, 5.41) is 2.96. The van der Waals surface area contributed by atoms with Crippen LogP contribution in [-0.4, -0.2) is 44.0 Å². The van der Waals surface area contributed by atoms with Gasteiger partial charge in [0.05, 0.1) is 5.02 Å². The van der Waals surface area contributed by atoms with Crippen LogP contribution in [0.4, 0.5) is 0 Å². The van der Waals surface area contributed by atoms with Crippen molar-refractivity contribution in [2.24, 2.45) is 0 Å². The molecule has 0 unspecified atom stereocenters. The number of nitrogens with one attached hydrogen (secondary N) is 1. The van der Waals surface area contributed by atoms with Crippen LogP contribution < -0.4 is 5.32 Å². The number of nitrogens with zero attached hydrogens (tertiary/aromatic N) is 1. The van der Waals surface area contributed by atoms with Gasteiger partial charge in [0.15, 0.2) is 0 Å². The van der Waals surface area contributed by atoms with Crippen molar-refractivity contribution in [2.75, 3.05) is 25.4 Å². The van der Waals surface area contributed by atoms with E-state index in [1.54, 1.807) is 17.8 Å². The minimum atomic E-state index is -3.67. The number of halogens is 1. The van der Waals surface area contributed by atoms with Gasteiger partial charge in [-0.05, 0) is 43.2 Å². The third-order valence-corrected chi connectivity index (χ3v) is 7.67. The number of hydrogen-bond donors (Lipinski definition) is 1. The van der Waals surface area contributed by atoms with E-state index in [9.17, 15) is 13.2 Å². The van der Waals surface area contributed by atoms with Crippen molar-refractivity contribution in [1.29, 1.82) is 0 Å². The summed E-state index contributed by atoms with van der Waals surface area (Å²) in [4.78, 5) is 13.5. The summed E-state index contributed by atoms with van der Waals surface area (Å²) in [6.45, 7) is 1.47. The van der Waals surface area contributed by atoms with Crippen molar-refractivity contribution < 1.29 is 13.2 Å². The molecule has 2 aromatic carbocycles. The maximum atomic E-state index is 12.8. The summed E-state index contributed by atoms with van der Waals surface area (Å²) in [5.74, 6) is 0.417. The highest BCUT2D eigenvalue weighted by Gasteiger charge is 2.29. The zero-order chi connectivity index (χ0) is 19.3. The molecule has 1 saturated heterocycles. The lowest BCUT2D eigenvalue weighted by atomic mass is 10.2. The number of hydrogen-bond acceptors (Lipinski definition) is 4. The Bertz CT molecular complexity index is 898. The van der Waals surface area contributed by atoms with Gasteiger partial charge in [-0.2, -0.15) is 4.31 Å². The highest BCUT2D eigenvalue weighted by molar-refractivity contribution is 7.99. The predicted molar refractivity (Wildman–Crippen MR) is 109 cm³/mol. The molecule has 1 amide bonds. The van der Waals surface area contributed by atoms with Crippen LogP contribution in [0.3, 0.4) is 0 Å². The smallest absolute Gasteiger partial charge is 0.251 e. The molecule has 27 heavy (non-hydrogen) atoms. The van der Waals surface area contributed by atoms with Crippen molar-refractivity contribution in [3.8, 4) is 0 Å². The molecule has 1 aliphatic heterocycles. The van der Waals surface area contributed by atoms with Gasteiger partial charge in [-0.3, -0.25) is 4.79 Å². The minimum absolute atomic E-state index is 0.00243. The molecule has 3 rings (SSSR count). The highest BCUT2D eigenvalue weighted by atomic mass is 35.5. The van der Waals surface area contributed by atoms with E-state index in [0.29, 0.717) is 25.2 Å². The third kappa shape index (κ3) is 5.04. The molecule has 8 heteroatoms. The molecular formula is C19H21ClN2O3S2. The maximum Gasteiger partial charge on any atom is 0.251 e. The van der Waals surface area contributed by atoms with Gasteiger partial charge in [-0.1, -0.05) is 29.8 Å². The second-order valence-corrected chi connectivity index (χ2v) is 9.66. The van der Waals surface area contributed by atoms with Gasteiger partial charge in [0.1, 0.15) is 4.90 Å². The molecular weight excluding hydrogens is 404 g/mol. The Morgan fingerprint density at radius 1 is 1.11 bits per heavy atom. The summed E-state index contributed by atoms with van der Waals surface area (Å²) in [6, 6.07) is 14.3. The quantitative estimate of drug-likeness (QED) is 0.544. The monoisotopic (exact) mass is 424 g/mol. The molecule has 1 heterocycles. The fourth-order valence-corrected chi connectivity index (χ4v) is 5.67. The summed E-state index contributed by atoms with van der Waals surface area (Å²) in [6.07, 6.45) is 1.69. The van der Waals surface area contributed by atoms with E-state index in [0.717, 1.165) is 23.5 Å². The molecule has 1 N–H and O–H groups in total. The second kappa shape index (κ2) is 9.10. The van der Waals surface area contributed by atoms with E-state index in [4.69, 9.17) is 11.6 Å². The standard InChI is InChI=1S/C19H21ClN2O3S2/c20-17-9-8-15(14-18(17)27(24,25)22-11-4-5-12-22)19(23)21-10-13-26-16-6-2-1-3-7-16/h1-3,6-9,14H,4-5,10-13H2,(H,21,23). The Hall–Kier alpha value is -1.54. The van der Waals surface area contributed by atoms with Crippen molar-refractivity contribution in [1.82, 2.24) is 9.62 Å². The first-order valence-corrected chi connectivity index (χ1v) is 11.5. The van der Waals surface area contributed by atoms with Gasteiger partial charge < -0.3 is 5.32 Å². The lowest BCUT2D eigenvalue weighted by molar-refractivity contribution is 0.0956. The number of amides is 1. The fourth-order valence-electron chi connectivity index (χ4n) is 2.86. The molecule has 144 valence electrons. The Morgan fingerprint density at radius 2 is 1.81 bits per heavy atom. The number of thioether (sulfide) groups is 1. The normalized spacial score (nSPS) is 15.0. The number of benzene rings is 2. The minimum Gasteiger partial charge on any atom is -0.351 e. The molecule has 2 aromatic rings. The Balaban J connectivity index is 1.63. The van der Waals surface area contributed by atoms with E-state index >= 15 is 0 Å². The topological polar surface area (TPSA) is 66.5 Å². The molecule has 0 atom stereocenters. The largest absolute Gasteiger partial charge is 0.351 e. The van der Waals surface area contributed by atoms with Gasteiger partial charge >= 0.3 is 0 Å². The molecule has 5 nitrogen and oxygen atoms in total. The lowest BCUT2D eigenvalue weighted by Gasteiger charge is -2.17. The molecule has 0 spiro atoms. The molecule has 1 fully saturated rings. The van der Waals surface area contributed by atoms with Crippen LogP contribution in [0.25, 0.3) is 0 Å². The van der Waals surface area contributed by atoms with E-state index in [1.807, 2.05) is 30.3 Å². The van der Waals surface area contributed by atoms with Crippen LogP contribution in [0.5, 0.6) is 0 Å². The summed E-state index contributed by atoms with van der Waals surface area (Å²) in [7, 11) is -3.67. The molecule has 0 aromatic heterocycles. The molecule has 1 aliphatic rings. The van der Waals surface area contributed by atoms with Crippen molar-refractivity contribution in [2.45, 2.75) is 22.6 Å². The van der Waals surface area contributed by atoms with E-state index < -0.39 is 10.0 Å². The Labute approximate surface area is 169 Å². The Morgan fingerprint density at radius 3 is 2.52 bits per heavy atom. The first kappa shape index (κ1) is 20.2. The van der Waals surface area contributed by atoms with Crippen molar-refractivity contribution >= 4 is 39.3 Å². The van der Waals surface area contributed by atoms with Gasteiger partial charge in [0.2, 0.25) is 10.0 Å². The van der Waals surface area contributed by atoms with Crippen LogP contribution in [0.15, 0.2) is 58.3 Å². The van der Waals surface area contributed by atoms with E-state index in [2.05, 4.69) is 5.32 Å². The summed E-state index contributed by atoms with van der Waals surface area (Å²) >= 11 is 7.76. The number of carbonyl (C=O) groups is 1. The molecule has 0 bridgehead atoms. The summed E-state index contributed by atoms with van der Waals surface area (Å²) < 4.78 is 26.9. The van der Waals surface area contributed by atoms with Crippen molar-refractivity contribution in [3.05, 3.63) is 59.1 Å². The van der Waals surface area contributed by atoms with Crippen LogP contribution in [0, 0.1) is 0 Å². The zero-order valence-electron chi connectivity index (χ0n) is 14.7.